The predicted molar refractivity (Wildman–Crippen MR) is 114 cm³/mol. The van der Waals surface area contributed by atoms with Gasteiger partial charge in [-0.05, 0) is 31.0 Å². The average molecular weight is 427 g/mol. The molecule has 0 aliphatic carbocycles. The minimum atomic E-state index is -3.59. The summed E-state index contributed by atoms with van der Waals surface area (Å²) in [6, 6.07) is 13.9. The van der Waals surface area contributed by atoms with E-state index in [1.807, 2.05) is 42.5 Å². The molecule has 0 radical (unpaired) electrons. The minimum Gasteiger partial charge on any atom is -0.496 e. The number of hydrogen-bond donors (Lipinski definition) is 0. The van der Waals surface area contributed by atoms with Crippen LogP contribution in [-0.2, 0) is 23.5 Å². The topological polar surface area (TPSA) is 77.3 Å². The number of ether oxygens (including phenoxy) is 1. The van der Waals surface area contributed by atoms with Crippen molar-refractivity contribution in [1.29, 1.82) is 0 Å². The maximum absolute atomic E-state index is 13.0. The van der Waals surface area contributed by atoms with Crippen LogP contribution in [0.3, 0.4) is 0 Å². The molecule has 0 N–H and O–H groups in total. The van der Waals surface area contributed by atoms with Gasteiger partial charge in [0.1, 0.15) is 5.75 Å². The van der Waals surface area contributed by atoms with Crippen LogP contribution in [0.5, 0.6) is 5.75 Å². The highest BCUT2D eigenvalue weighted by molar-refractivity contribution is 7.89. The SMILES string of the molecule is COc1ccccc1Cc1cccc([C@@H]2CCCN(S(=O)(=O)c3cn(C)cn3)C2)n1. The first-order valence-corrected chi connectivity index (χ1v) is 11.5. The number of pyridine rings is 1. The summed E-state index contributed by atoms with van der Waals surface area (Å²) in [5, 5.41) is 0.100. The number of imidazole rings is 1. The molecule has 0 spiro atoms. The lowest BCUT2D eigenvalue weighted by Gasteiger charge is -2.31. The number of aromatic nitrogens is 3. The molecule has 0 saturated carbocycles. The van der Waals surface area contributed by atoms with Gasteiger partial charge in [-0.15, -0.1) is 0 Å². The molecule has 3 heterocycles. The largest absolute Gasteiger partial charge is 0.496 e. The number of piperidine rings is 1. The Bertz CT molecular complexity index is 1130. The molecule has 1 aliphatic rings. The molecule has 4 rings (SSSR count). The summed E-state index contributed by atoms with van der Waals surface area (Å²) in [6.07, 6.45) is 5.44. The van der Waals surface area contributed by atoms with E-state index in [4.69, 9.17) is 9.72 Å². The smallest absolute Gasteiger partial charge is 0.262 e. The Balaban J connectivity index is 1.53. The molecule has 1 saturated heterocycles. The van der Waals surface area contributed by atoms with Gasteiger partial charge in [0.25, 0.3) is 10.0 Å². The summed E-state index contributed by atoms with van der Waals surface area (Å²) >= 11 is 0. The van der Waals surface area contributed by atoms with Crippen molar-refractivity contribution >= 4 is 10.0 Å². The molecule has 1 atom stereocenters. The van der Waals surface area contributed by atoms with E-state index >= 15 is 0 Å². The second-order valence-electron chi connectivity index (χ2n) is 7.62. The molecule has 158 valence electrons. The fourth-order valence-electron chi connectivity index (χ4n) is 3.92. The summed E-state index contributed by atoms with van der Waals surface area (Å²) in [5.74, 6) is 0.907. The third-order valence-corrected chi connectivity index (χ3v) is 7.23. The van der Waals surface area contributed by atoms with E-state index in [0.29, 0.717) is 19.5 Å². The third-order valence-electron chi connectivity index (χ3n) is 5.48. The van der Waals surface area contributed by atoms with Crippen LogP contribution in [0.15, 0.2) is 60.0 Å². The van der Waals surface area contributed by atoms with Crippen molar-refractivity contribution in [1.82, 2.24) is 18.8 Å². The van der Waals surface area contributed by atoms with Gasteiger partial charge in [0.15, 0.2) is 5.03 Å². The van der Waals surface area contributed by atoms with Gasteiger partial charge in [-0.3, -0.25) is 4.98 Å². The van der Waals surface area contributed by atoms with Crippen LogP contribution in [0, 0.1) is 0 Å². The van der Waals surface area contributed by atoms with E-state index in [1.165, 1.54) is 10.6 Å². The Kier molecular flexibility index (Phi) is 5.87. The number of para-hydroxylation sites is 1. The third kappa shape index (κ3) is 4.24. The lowest BCUT2D eigenvalue weighted by atomic mass is 9.95. The maximum atomic E-state index is 13.0. The zero-order valence-corrected chi connectivity index (χ0v) is 18.0. The Morgan fingerprint density at radius 3 is 2.77 bits per heavy atom. The zero-order valence-electron chi connectivity index (χ0n) is 17.2. The maximum Gasteiger partial charge on any atom is 0.262 e. The van der Waals surface area contributed by atoms with Gasteiger partial charge < -0.3 is 9.30 Å². The van der Waals surface area contributed by atoms with Gasteiger partial charge in [0.2, 0.25) is 0 Å². The van der Waals surface area contributed by atoms with E-state index in [1.54, 1.807) is 24.9 Å². The molecule has 1 fully saturated rings. The molecule has 0 amide bonds. The second-order valence-corrected chi connectivity index (χ2v) is 9.51. The van der Waals surface area contributed by atoms with E-state index in [9.17, 15) is 8.42 Å². The number of nitrogens with zero attached hydrogens (tertiary/aromatic N) is 4. The monoisotopic (exact) mass is 426 g/mol. The molecule has 3 aromatic rings. The van der Waals surface area contributed by atoms with Crippen molar-refractivity contribution in [2.45, 2.75) is 30.2 Å². The van der Waals surface area contributed by atoms with Crippen LogP contribution in [-0.4, -0.2) is 47.5 Å². The number of sulfonamides is 1. The Hall–Kier alpha value is -2.71. The number of rotatable bonds is 6. The van der Waals surface area contributed by atoms with E-state index in [-0.39, 0.29) is 10.9 Å². The van der Waals surface area contributed by atoms with Crippen molar-refractivity contribution in [3.05, 3.63) is 71.9 Å². The quantitative estimate of drug-likeness (QED) is 0.606. The molecule has 2 aromatic heterocycles. The molecule has 0 unspecified atom stereocenters. The van der Waals surface area contributed by atoms with Crippen molar-refractivity contribution < 1.29 is 13.2 Å². The number of methoxy groups -OCH3 is 1. The van der Waals surface area contributed by atoms with Crippen LogP contribution in [0.25, 0.3) is 0 Å². The molecule has 30 heavy (non-hydrogen) atoms. The molecule has 7 nitrogen and oxygen atoms in total. The first-order valence-electron chi connectivity index (χ1n) is 10.0. The summed E-state index contributed by atoms with van der Waals surface area (Å²) in [4.78, 5) is 8.91. The molecular weight excluding hydrogens is 400 g/mol. The van der Waals surface area contributed by atoms with Crippen LogP contribution in [0.2, 0.25) is 0 Å². The lowest BCUT2D eigenvalue weighted by molar-refractivity contribution is 0.311. The standard InChI is InChI=1S/C22H26N4O3S/c1-25-15-22(23-16-25)30(27,28)26-12-6-8-18(14-26)20-10-5-9-19(24-20)13-17-7-3-4-11-21(17)29-2/h3-5,7,9-11,15-16,18H,6,8,12-14H2,1-2H3/t18-/m1/s1. The van der Waals surface area contributed by atoms with Gasteiger partial charge >= 0.3 is 0 Å². The highest BCUT2D eigenvalue weighted by Crippen LogP contribution is 2.29. The molecular formula is C22H26N4O3S. The Morgan fingerprint density at radius 2 is 2.00 bits per heavy atom. The predicted octanol–water partition coefficient (Wildman–Crippen LogP) is 2.98. The normalized spacial score (nSPS) is 17.7. The number of benzene rings is 1. The highest BCUT2D eigenvalue weighted by atomic mass is 32.2. The first-order chi connectivity index (χ1) is 14.5. The van der Waals surface area contributed by atoms with Gasteiger partial charge in [0.05, 0.1) is 13.4 Å². The minimum absolute atomic E-state index is 0.0647. The van der Waals surface area contributed by atoms with Crippen molar-refractivity contribution in [2.75, 3.05) is 20.2 Å². The molecule has 1 aliphatic heterocycles. The van der Waals surface area contributed by atoms with Gasteiger partial charge in [-0.25, -0.2) is 13.4 Å². The fourth-order valence-corrected chi connectivity index (χ4v) is 5.41. The van der Waals surface area contributed by atoms with Crippen LogP contribution < -0.4 is 4.74 Å². The second kappa shape index (κ2) is 8.57. The lowest BCUT2D eigenvalue weighted by Crippen LogP contribution is -2.39. The summed E-state index contributed by atoms with van der Waals surface area (Å²) in [6.45, 7) is 0.931. The van der Waals surface area contributed by atoms with E-state index < -0.39 is 10.0 Å². The summed E-state index contributed by atoms with van der Waals surface area (Å²) in [5.41, 5.74) is 2.96. The molecule has 0 bridgehead atoms. The van der Waals surface area contributed by atoms with Crippen molar-refractivity contribution in [3.8, 4) is 5.75 Å². The molecule has 8 heteroatoms. The Morgan fingerprint density at radius 1 is 1.17 bits per heavy atom. The zero-order chi connectivity index (χ0) is 21.1. The fraction of sp³-hybridized carbons (Fsp3) is 0.364. The number of aryl methyl sites for hydroxylation is 1. The molecule has 1 aromatic carbocycles. The van der Waals surface area contributed by atoms with E-state index in [2.05, 4.69) is 4.98 Å². The van der Waals surface area contributed by atoms with Gasteiger partial charge in [0, 0.05) is 55.6 Å². The number of hydrogen-bond acceptors (Lipinski definition) is 5. The van der Waals surface area contributed by atoms with Crippen LogP contribution in [0.1, 0.15) is 35.7 Å². The first kappa shape index (κ1) is 20.6. The summed E-state index contributed by atoms with van der Waals surface area (Å²) in [7, 11) is -0.159. The van der Waals surface area contributed by atoms with Gasteiger partial charge in [-0.1, -0.05) is 24.3 Å². The van der Waals surface area contributed by atoms with Gasteiger partial charge in [-0.2, -0.15) is 4.31 Å². The average Bonchev–Trinajstić information content (AvgIpc) is 3.22. The van der Waals surface area contributed by atoms with Crippen molar-refractivity contribution in [3.63, 3.8) is 0 Å². The summed E-state index contributed by atoms with van der Waals surface area (Å²) < 4.78 is 34.6. The van der Waals surface area contributed by atoms with Crippen LogP contribution >= 0.6 is 0 Å². The Labute approximate surface area is 177 Å². The van der Waals surface area contributed by atoms with Crippen LogP contribution in [0.4, 0.5) is 0 Å². The van der Waals surface area contributed by atoms with E-state index in [0.717, 1.165) is 35.5 Å². The highest BCUT2D eigenvalue weighted by Gasteiger charge is 2.32. The van der Waals surface area contributed by atoms with Crippen molar-refractivity contribution in [2.24, 2.45) is 7.05 Å².